The molecule has 2 aliphatic rings. The summed E-state index contributed by atoms with van der Waals surface area (Å²) in [5, 5.41) is -0.154. The van der Waals surface area contributed by atoms with E-state index < -0.39 is 11.1 Å². The van der Waals surface area contributed by atoms with Crippen molar-refractivity contribution in [2.24, 2.45) is 0 Å². The number of thioether (sulfide) groups is 1. The van der Waals surface area contributed by atoms with Crippen LogP contribution in [0.1, 0.15) is 18.1 Å². The first kappa shape index (κ1) is 28.6. The lowest BCUT2D eigenvalue weighted by atomic mass is 10.1. The zero-order valence-electron chi connectivity index (χ0n) is 22.6. The average molecular weight is 592 g/mol. The molecule has 212 valence electrons. The van der Waals surface area contributed by atoms with Gasteiger partial charge in [0.05, 0.1) is 16.5 Å². The Morgan fingerprint density at radius 3 is 2.32 bits per heavy atom. The Hall–Kier alpha value is -3.95. The van der Waals surface area contributed by atoms with Crippen molar-refractivity contribution in [1.82, 2.24) is 9.80 Å². The smallest absolute Gasteiger partial charge is 0.294 e. The van der Waals surface area contributed by atoms with Crippen LogP contribution in [0, 0.1) is 0 Å². The topological polar surface area (TPSA) is 79.4 Å². The minimum Gasteiger partial charge on any atom is -0.490 e. The number of carbonyl (C=O) groups is 3. The molecule has 8 nitrogen and oxygen atoms in total. The summed E-state index contributed by atoms with van der Waals surface area (Å²) >= 11 is 7.37. The number of halogens is 1. The monoisotopic (exact) mass is 591 g/mol. The molecule has 2 aliphatic heterocycles. The van der Waals surface area contributed by atoms with Crippen LogP contribution < -0.4 is 14.4 Å². The molecule has 0 spiro atoms. The number of piperazine rings is 1. The Morgan fingerprint density at radius 1 is 0.951 bits per heavy atom. The Kier molecular flexibility index (Phi) is 9.16. The molecule has 0 aromatic heterocycles. The summed E-state index contributed by atoms with van der Waals surface area (Å²) in [5.41, 5.74) is 2.68. The van der Waals surface area contributed by atoms with Crippen molar-refractivity contribution in [2.45, 2.75) is 13.5 Å². The first-order chi connectivity index (χ1) is 19.9. The summed E-state index contributed by atoms with van der Waals surface area (Å²) in [7, 11) is 0. The van der Waals surface area contributed by atoms with E-state index in [0.29, 0.717) is 61.5 Å². The number of amides is 3. The van der Waals surface area contributed by atoms with Crippen LogP contribution in [0.5, 0.6) is 11.5 Å². The van der Waals surface area contributed by atoms with Gasteiger partial charge in [-0.25, -0.2) is 0 Å². The highest BCUT2D eigenvalue weighted by atomic mass is 35.5. The van der Waals surface area contributed by atoms with Crippen molar-refractivity contribution >= 4 is 52.2 Å². The summed E-state index contributed by atoms with van der Waals surface area (Å²) in [6, 6.07) is 23.1. The molecule has 2 fully saturated rings. The van der Waals surface area contributed by atoms with Gasteiger partial charge in [-0.1, -0.05) is 60.1 Å². The third kappa shape index (κ3) is 6.86. The van der Waals surface area contributed by atoms with Crippen molar-refractivity contribution in [3.63, 3.8) is 0 Å². The number of hydrogen-bond donors (Lipinski definition) is 0. The normalized spacial score (nSPS) is 16.4. The van der Waals surface area contributed by atoms with Gasteiger partial charge in [-0.15, -0.1) is 0 Å². The summed E-state index contributed by atoms with van der Waals surface area (Å²) in [4.78, 5) is 44.0. The highest BCUT2D eigenvalue weighted by Crippen LogP contribution is 2.39. The number of rotatable bonds is 9. The number of nitrogens with zero attached hydrogens (tertiary/aromatic N) is 3. The predicted octanol–water partition coefficient (Wildman–Crippen LogP) is 5.70. The first-order valence-corrected chi connectivity index (χ1v) is 14.6. The van der Waals surface area contributed by atoms with Gasteiger partial charge in [-0.05, 0) is 60.2 Å². The third-order valence-corrected chi connectivity index (χ3v) is 7.96. The SMILES string of the molecule is CCOc1cc(/C=C2/SC(=O)N(CC(=O)N3CCN(c4ccccc4)CC3)C2=O)cc(Cl)c1OCc1ccccc1. The van der Waals surface area contributed by atoms with E-state index >= 15 is 0 Å². The number of anilines is 1. The molecule has 0 radical (unpaired) electrons. The van der Waals surface area contributed by atoms with Crippen LogP contribution in [0.2, 0.25) is 5.02 Å². The molecule has 0 aliphatic carbocycles. The van der Waals surface area contributed by atoms with Crippen LogP contribution in [0.3, 0.4) is 0 Å². The van der Waals surface area contributed by atoms with Gasteiger partial charge in [0.2, 0.25) is 5.91 Å². The summed E-state index contributed by atoms with van der Waals surface area (Å²) in [6.07, 6.45) is 1.59. The summed E-state index contributed by atoms with van der Waals surface area (Å²) in [5.74, 6) is 0.0874. The quantitative estimate of drug-likeness (QED) is 0.295. The molecule has 0 atom stereocenters. The van der Waals surface area contributed by atoms with Crippen LogP contribution in [-0.2, 0) is 16.2 Å². The molecule has 0 saturated carbocycles. The van der Waals surface area contributed by atoms with Crippen LogP contribution in [0.25, 0.3) is 6.08 Å². The molecule has 10 heteroatoms. The van der Waals surface area contributed by atoms with Gasteiger partial charge in [0, 0.05) is 31.9 Å². The van der Waals surface area contributed by atoms with Gasteiger partial charge in [-0.2, -0.15) is 0 Å². The van der Waals surface area contributed by atoms with Crippen LogP contribution >= 0.6 is 23.4 Å². The van der Waals surface area contributed by atoms with Gasteiger partial charge >= 0.3 is 0 Å². The molecule has 3 aromatic carbocycles. The van der Waals surface area contributed by atoms with E-state index in [1.807, 2.05) is 67.6 Å². The second-order valence-corrected chi connectivity index (χ2v) is 10.9. The van der Waals surface area contributed by atoms with Crippen molar-refractivity contribution < 1.29 is 23.9 Å². The molecular formula is C31H30ClN3O5S. The molecule has 2 heterocycles. The van der Waals surface area contributed by atoms with Crippen molar-refractivity contribution in [3.05, 3.63) is 93.9 Å². The lowest BCUT2D eigenvalue weighted by Gasteiger charge is -2.36. The first-order valence-electron chi connectivity index (χ1n) is 13.4. The molecule has 0 bridgehead atoms. The second kappa shape index (κ2) is 13.1. The van der Waals surface area contributed by atoms with E-state index in [1.54, 1.807) is 23.1 Å². The lowest BCUT2D eigenvalue weighted by Crippen LogP contribution is -2.51. The van der Waals surface area contributed by atoms with Gasteiger partial charge in [0.25, 0.3) is 11.1 Å². The van der Waals surface area contributed by atoms with Crippen molar-refractivity contribution in [1.29, 1.82) is 0 Å². The van der Waals surface area contributed by atoms with Crippen molar-refractivity contribution in [2.75, 3.05) is 44.2 Å². The van der Waals surface area contributed by atoms with Gasteiger partial charge in [0.1, 0.15) is 13.2 Å². The molecule has 2 saturated heterocycles. The fourth-order valence-electron chi connectivity index (χ4n) is 4.68. The molecule has 0 N–H and O–H groups in total. The second-order valence-electron chi connectivity index (χ2n) is 9.51. The van der Waals surface area contributed by atoms with E-state index in [4.69, 9.17) is 21.1 Å². The standard InChI is InChI=1S/C31H30ClN3O5S/c1-2-39-26-18-23(17-25(32)29(26)40-21-22-9-5-3-6-10-22)19-27-30(37)35(31(38)41-27)20-28(36)34-15-13-33(14-16-34)24-11-7-4-8-12-24/h3-12,17-19H,2,13-16,20-21H2,1H3/b27-19+. The maximum atomic E-state index is 13.1. The molecule has 5 rings (SSSR count). The predicted molar refractivity (Wildman–Crippen MR) is 161 cm³/mol. The highest BCUT2D eigenvalue weighted by molar-refractivity contribution is 8.18. The third-order valence-electron chi connectivity index (χ3n) is 6.78. The Morgan fingerprint density at radius 2 is 1.63 bits per heavy atom. The average Bonchev–Trinajstić information content (AvgIpc) is 3.25. The van der Waals surface area contributed by atoms with Crippen LogP contribution in [-0.4, -0.2) is 66.2 Å². The molecule has 3 amide bonds. The zero-order valence-corrected chi connectivity index (χ0v) is 24.2. The lowest BCUT2D eigenvalue weighted by molar-refractivity contribution is -0.136. The van der Waals surface area contributed by atoms with E-state index in [-0.39, 0.29) is 17.4 Å². The number of carbonyl (C=O) groups excluding carboxylic acids is 3. The maximum absolute atomic E-state index is 13.1. The largest absolute Gasteiger partial charge is 0.490 e. The van der Waals surface area contributed by atoms with Gasteiger partial charge in [0.15, 0.2) is 11.5 Å². The Labute approximate surface area is 248 Å². The fraction of sp³-hybridized carbons (Fsp3) is 0.258. The number of ether oxygens (including phenoxy) is 2. The molecule has 0 unspecified atom stereocenters. The summed E-state index contributed by atoms with van der Waals surface area (Å²) < 4.78 is 11.7. The van der Waals surface area contributed by atoms with E-state index in [9.17, 15) is 14.4 Å². The number of para-hydroxylation sites is 1. The van der Waals surface area contributed by atoms with Crippen LogP contribution in [0.4, 0.5) is 10.5 Å². The van der Waals surface area contributed by atoms with Crippen LogP contribution in [0.15, 0.2) is 77.7 Å². The number of hydrogen-bond acceptors (Lipinski definition) is 7. The molecule has 41 heavy (non-hydrogen) atoms. The minimum atomic E-state index is -0.505. The fourth-order valence-corrected chi connectivity index (χ4v) is 5.79. The van der Waals surface area contributed by atoms with E-state index in [1.165, 1.54) is 0 Å². The van der Waals surface area contributed by atoms with Crippen molar-refractivity contribution in [3.8, 4) is 11.5 Å². The number of benzene rings is 3. The van der Waals surface area contributed by atoms with Gasteiger partial charge < -0.3 is 19.3 Å². The van der Waals surface area contributed by atoms with Gasteiger partial charge in [-0.3, -0.25) is 19.3 Å². The zero-order chi connectivity index (χ0) is 28.8. The minimum absolute atomic E-state index is 0.216. The van der Waals surface area contributed by atoms with E-state index in [0.717, 1.165) is 27.9 Å². The highest BCUT2D eigenvalue weighted by Gasteiger charge is 2.37. The molecular weight excluding hydrogens is 562 g/mol. The summed E-state index contributed by atoms with van der Waals surface area (Å²) in [6.45, 7) is 4.69. The Balaban J connectivity index is 1.24. The van der Waals surface area contributed by atoms with E-state index in [2.05, 4.69) is 4.90 Å². The Bertz CT molecular complexity index is 1440. The molecule has 3 aromatic rings. The number of imide groups is 1. The maximum Gasteiger partial charge on any atom is 0.294 e.